The Morgan fingerprint density at radius 2 is 2.05 bits per heavy atom. The van der Waals surface area contributed by atoms with Gasteiger partial charge in [0.1, 0.15) is 5.82 Å². The third kappa shape index (κ3) is 2.19. The van der Waals surface area contributed by atoms with Crippen LogP contribution in [0.1, 0.15) is 5.56 Å². The summed E-state index contributed by atoms with van der Waals surface area (Å²) in [4.78, 5) is 1.73. The van der Waals surface area contributed by atoms with Gasteiger partial charge in [0.15, 0.2) is 5.84 Å². The van der Waals surface area contributed by atoms with Gasteiger partial charge >= 0.3 is 0 Å². The predicted molar refractivity (Wildman–Crippen MR) is 71.4 cm³/mol. The zero-order chi connectivity index (χ0) is 13.5. The van der Waals surface area contributed by atoms with Crippen LogP contribution in [0.4, 0.5) is 4.39 Å². The average Bonchev–Trinajstić information content (AvgIpc) is 2.38. The van der Waals surface area contributed by atoms with Crippen molar-refractivity contribution in [3.63, 3.8) is 0 Å². The molecule has 0 bridgehead atoms. The van der Waals surface area contributed by atoms with Gasteiger partial charge in [-0.25, -0.2) is 12.8 Å². The molecule has 19 heavy (non-hydrogen) atoms. The summed E-state index contributed by atoms with van der Waals surface area (Å²) >= 11 is 0. The third-order valence-corrected chi connectivity index (χ3v) is 4.17. The molecule has 0 saturated heterocycles. The molecular formula is C13H11FN2O2S. The van der Waals surface area contributed by atoms with Crippen LogP contribution in [0.5, 0.6) is 0 Å². The van der Waals surface area contributed by atoms with Crippen molar-refractivity contribution in [2.45, 2.75) is 0 Å². The van der Waals surface area contributed by atoms with Crippen molar-refractivity contribution in [3.8, 4) is 0 Å². The van der Waals surface area contributed by atoms with Crippen LogP contribution in [0.2, 0.25) is 0 Å². The lowest BCUT2D eigenvalue weighted by Gasteiger charge is -2.29. The van der Waals surface area contributed by atoms with E-state index < -0.39 is 15.8 Å². The maximum Gasteiger partial charge on any atom is 0.256 e. The minimum atomic E-state index is -3.46. The number of allylic oxidation sites excluding steroid dienone is 2. The van der Waals surface area contributed by atoms with Crippen LogP contribution in [0, 0.1) is 5.82 Å². The summed E-state index contributed by atoms with van der Waals surface area (Å²) in [5.74, 6) is -0.126. The van der Waals surface area contributed by atoms with Gasteiger partial charge in [0.25, 0.3) is 10.0 Å². The van der Waals surface area contributed by atoms with Crippen molar-refractivity contribution in [3.05, 3.63) is 54.0 Å². The first-order chi connectivity index (χ1) is 9.07. The van der Waals surface area contributed by atoms with E-state index in [2.05, 4.69) is 4.40 Å². The fourth-order valence-electron chi connectivity index (χ4n) is 2.11. The number of amidine groups is 1. The quantitative estimate of drug-likeness (QED) is 0.787. The molecule has 0 radical (unpaired) electrons. The summed E-state index contributed by atoms with van der Waals surface area (Å²) < 4.78 is 40.8. The lowest BCUT2D eigenvalue weighted by Crippen LogP contribution is -2.37. The Bertz CT molecular complexity index is 720. The van der Waals surface area contributed by atoms with Gasteiger partial charge in [-0.3, -0.25) is 0 Å². The summed E-state index contributed by atoms with van der Waals surface area (Å²) in [7, 11) is -3.46. The molecule has 0 aliphatic carbocycles. The number of nitrogens with zero attached hydrogens (tertiary/aromatic N) is 2. The molecule has 0 amide bonds. The molecule has 1 aromatic carbocycles. The number of halogens is 1. The maximum atomic E-state index is 13.8. The smallest absolute Gasteiger partial charge is 0.256 e. The van der Waals surface area contributed by atoms with Crippen molar-refractivity contribution in [1.29, 1.82) is 0 Å². The molecule has 2 aliphatic rings. The third-order valence-electron chi connectivity index (χ3n) is 3.02. The number of hydrogen-bond acceptors (Lipinski definition) is 3. The molecule has 0 atom stereocenters. The second-order valence-corrected chi connectivity index (χ2v) is 6.05. The van der Waals surface area contributed by atoms with E-state index in [1.807, 2.05) is 0 Å². The van der Waals surface area contributed by atoms with E-state index in [9.17, 15) is 12.8 Å². The second-order valence-electron chi connectivity index (χ2n) is 4.30. The van der Waals surface area contributed by atoms with Gasteiger partial charge in [-0.15, -0.1) is 4.40 Å². The number of hydrogen-bond donors (Lipinski definition) is 0. The van der Waals surface area contributed by atoms with Gasteiger partial charge in [-0.2, -0.15) is 0 Å². The summed E-state index contributed by atoms with van der Waals surface area (Å²) in [5, 5.41) is 0. The summed E-state index contributed by atoms with van der Waals surface area (Å²) in [6, 6.07) is 6.26. The van der Waals surface area contributed by atoms with Crippen molar-refractivity contribution in [2.75, 3.05) is 12.3 Å². The first-order valence-corrected chi connectivity index (χ1v) is 7.41. The van der Waals surface area contributed by atoms with Gasteiger partial charge in [-0.1, -0.05) is 18.2 Å². The van der Waals surface area contributed by atoms with E-state index in [1.54, 1.807) is 41.5 Å². The Labute approximate surface area is 110 Å². The Morgan fingerprint density at radius 1 is 1.26 bits per heavy atom. The zero-order valence-electron chi connectivity index (χ0n) is 9.95. The summed E-state index contributed by atoms with van der Waals surface area (Å²) in [6.45, 7) is 0.337. The number of fused-ring (bicyclic) bond motifs is 1. The minimum Gasteiger partial charge on any atom is -0.331 e. The average molecular weight is 278 g/mol. The molecular weight excluding hydrogens is 267 g/mol. The molecule has 1 aromatic rings. The lowest BCUT2D eigenvalue weighted by atomic mass is 10.0. The lowest BCUT2D eigenvalue weighted by molar-refractivity contribution is 0.549. The molecule has 2 aliphatic heterocycles. The van der Waals surface area contributed by atoms with E-state index in [1.165, 1.54) is 6.07 Å². The van der Waals surface area contributed by atoms with E-state index in [0.29, 0.717) is 23.5 Å². The highest BCUT2D eigenvalue weighted by molar-refractivity contribution is 7.90. The number of sulfonamides is 1. The fraction of sp³-hybridized carbons (Fsp3) is 0.154. The van der Waals surface area contributed by atoms with Crippen LogP contribution < -0.4 is 0 Å². The standard InChI is InChI=1S/C13H11FN2O2S/c14-12-6-2-1-4-10(12)11-5-3-7-16-8-9-19(17,18)15-13(11)16/h1-7H,8-9H2. The summed E-state index contributed by atoms with van der Waals surface area (Å²) in [6.07, 6.45) is 5.19. The molecule has 2 heterocycles. The first kappa shape index (κ1) is 12.1. The van der Waals surface area contributed by atoms with Crippen molar-refractivity contribution in [2.24, 2.45) is 4.40 Å². The van der Waals surface area contributed by atoms with Crippen molar-refractivity contribution >= 4 is 21.4 Å². The predicted octanol–water partition coefficient (Wildman–Crippen LogP) is 1.78. The Morgan fingerprint density at radius 3 is 2.84 bits per heavy atom. The van der Waals surface area contributed by atoms with Crippen molar-refractivity contribution < 1.29 is 12.8 Å². The Kier molecular flexibility index (Phi) is 2.74. The van der Waals surface area contributed by atoms with E-state index in [4.69, 9.17) is 0 Å². The molecule has 3 rings (SSSR count). The zero-order valence-corrected chi connectivity index (χ0v) is 10.8. The highest BCUT2D eigenvalue weighted by Gasteiger charge is 2.28. The number of benzene rings is 1. The van der Waals surface area contributed by atoms with Crippen LogP contribution in [0.15, 0.2) is 47.0 Å². The van der Waals surface area contributed by atoms with Gasteiger partial charge < -0.3 is 4.90 Å². The van der Waals surface area contributed by atoms with Gasteiger partial charge in [0.2, 0.25) is 0 Å². The van der Waals surface area contributed by atoms with Gasteiger partial charge in [0, 0.05) is 23.9 Å². The maximum absolute atomic E-state index is 13.8. The van der Waals surface area contributed by atoms with Crippen LogP contribution in [-0.4, -0.2) is 31.5 Å². The highest BCUT2D eigenvalue weighted by Crippen LogP contribution is 2.26. The minimum absolute atomic E-state index is 0.0224. The normalized spacial score (nSPS) is 20.6. The fourth-order valence-corrected chi connectivity index (χ4v) is 3.09. The summed E-state index contributed by atoms with van der Waals surface area (Å²) in [5.41, 5.74) is 0.844. The van der Waals surface area contributed by atoms with Crippen LogP contribution in [-0.2, 0) is 10.0 Å². The van der Waals surface area contributed by atoms with Gasteiger partial charge in [-0.05, 0) is 18.2 Å². The van der Waals surface area contributed by atoms with Gasteiger partial charge in [0.05, 0.1) is 5.75 Å². The molecule has 0 fully saturated rings. The Hall–Kier alpha value is -1.95. The Balaban J connectivity index is 2.16. The molecule has 0 aromatic heterocycles. The van der Waals surface area contributed by atoms with E-state index >= 15 is 0 Å². The molecule has 4 nitrogen and oxygen atoms in total. The molecule has 0 unspecified atom stereocenters. The molecule has 98 valence electrons. The second kappa shape index (κ2) is 4.31. The number of rotatable bonds is 1. The molecule has 0 N–H and O–H groups in total. The largest absolute Gasteiger partial charge is 0.331 e. The van der Waals surface area contributed by atoms with Crippen LogP contribution in [0.25, 0.3) is 5.57 Å². The van der Waals surface area contributed by atoms with Crippen LogP contribution in [0.3, 0.4) is 0 Å². The SMILES string of the molecule is O=S1(=O)CCN2C=CC=C(c3ccccc3F)C2=N1. The van der Waals surface area contributed by atoms with E-state index in [0.717, 1.165) is 0 Å². The highest BCUT2D eigenvalue weighted by atomic mass is 32.2. The monoisotopic (exact) mass is 278 g/mol. The van der Waals surface area contributed by atoms with E-state index in [-0.39, 0.29) is 5.75 Å². The van der Waals surface area contributed by atoms with Crippen molar-refractivity contribution in [1.82, 2.24) is 4.90 Å². The molecule has 6 heteroatoms. The molecule has 0 saturated carbocycles. The topological polar surface area (TPSA) is 49.7 Å². The van der Waals surface area contributed by atoms with Crippen LogP contribution >= 0.6 is 0 Å². The molecule has 0 spiro atoms. The first-order valence-electron chi connectivity index (χ1n) is 5.80.